The second-order valence-electron chi connectivity index (χ2n) is 8.88. The summed E-state index contributed by atoms with van der Waals surface area (Å²) >= 11 is 0. The third-order valence-corrected chi connectivity index (χ3v) is 7.14. The van der Waals surface area contributed by atoms with Crippen LogP contribution in [-0.4, -0.2) is 50.5 Å². The molecule has 0 bridgehead atoms. The monoisotopic (exact) mass is 427 g/mol. The average Bonchev–Trinajstić information content (AvgIpc) is 3.30. The molecule has 1 aromatic carbocycles. The molecule has 4 aliphatic rings. The van der Waals surface area contributed by atoms with Crippen molar-refractivity contribution in [3.8, 4) is 0 Å². The van der Waals surface area contributed by atoms with Gasteiger partial charge in [0.2, 0.25) is 0 Å². The van der Waals surface area contributed by atoms with E-state index in [1.807, 2.05) is 0 Å². The summed E-state index contributed by atoms with van der Waals surface area (Å²) in [5.74, 6) is 0. The fraction of sp³-hybridized carbons (Fsp3) is 0.727. The van der Waals surface area contributed by atoms with E-state index >= 15 is 0 Å². The highest BCUT2D eigenvalue weighted by molar-refractivity contribution is 5.85. The molecule has 1 aliphatic carbocycles. The topological polar surface area (TPSA) is 36.5 Å². The molecule has 1 atom stereocenters. The van der Waals surface area contributed by atoms with Gasteiger partial charge in [-0.2, -0.15) is 0 Å². The molecule has 1 aromatic rings. The first kappa shape index (κ1) is 22.2. The summed E-state index contributed by atoms with van der Waals surface area (Å²) in [4.78, 5) is 2.59. The minimum Gasteiger partial charge on any atom is -0.373 e. The van der Waals surface area contributed by atoms with E-state index in [2.05, 4.69) is 33.7 Å². The number of anilines is 1. The van der Waals surface area contributed by atoms with E-state index in [-0.39, 0.29) is 30.4 Å². The molecule has 3 fully saturated rings. The standard InChI is InChI=1S/C22H33N3O.2ClH/c1-2-17-4-5-21(14-18(17)3-1)25-12-6-19(7-13-25)24-20-15-22(26-16-20)8-10-23-11-9-22;;/h4-5,14,19-20,23-24H,1-3,6-13,15-16H2;2*1H. The van der Waals surface area contributed by atoms with E-state index < -0.39 is 0 Å². The third-order valence-electron chi connectivity index (χ3n) is 7.14. The Kier molecular flexibility index (Phi) is 7.54. The van der Waals surface area contributed by atoms with Gasteiger partial charge in [-0.05, 0) is 87.7 Å². The van der Waals surface area contributed by atoms with Crippen molar-refractivity contribution in [1.82, 2.24) is 10.6 Å². The quantitative estimate of drug-likeness (QED) is 0.773. The van der Waals surface area contributed by atoms with Crippen LogP contribution in [0.25, 0.3) is 0 Å². The van der Waals surface area contributed by atoms with Crippen LogP contribution in [0.2, 0.25) is 0 Å². The van der Waals surface area contributed by atoms with Crippen LogP contribution in [0.5, 0.6) is 0 Å². The Hall–Kier alpha value is -0.520. The summed E-state index contributed by atoms with van der Waals surface area (Å²) in [6.45, 7) is 5.50. The minimum absolute atomic E-state index is 0. The number of hydrogen-bond acceptors (Lipinski definition) is 4. The number of ether oxygens (including phenoxy) is 1. The summed E-state index contributed by atoms with van der Waals surface area (Å²) in [6.07, 6.45) is 9.97. The molecule has 4 nitrogen and oxygen atoms in total. The highest BCUT2D eigenvalue weighted by atomic mass is 35.5. The zero-order chi connectivity index (χ0) is 17.4. The SMILES string of the molecule is Cl.Cl.c1cc2c(cc1N1CCC(NC3COC4(CCNCC4)C3)CC1)CCC2. The van der Waals surface area contributed by atoms with Crippen molar-refractivity contribution in [2.45, 2.75) is 69.1 Å². The fourth-order valence-electron chi connectivity index (χ4n) is 5.57. The Bertz CT molecular complexity index is 643. The van der Waals surface area contributed by atoms with Gasteiger partial charge in [-0.1, -0.05) is 6.07 Å². The van der Waals surface area contributed by atoms with Gasteiger partial charge in [0.05, 0.1) is 12.2 Å². The summed E-state index contributed by atoms with van der Waals surface area (Å²) in [6, 6.07) is 8.40. The van der Waals surface area contributed by atoms with Gasteiger partial charge < -0.3 is 20.3 Å². The molecule has 28 heavy (non-hydrogen) atoms. The van der Waals surface area contributed by atoms with Crippen LogP contribution in [0.4, 0.5) is 5.69 Å². The first-order valence-electron chi connectivity index (χ1n) is 10.8. The minimum atomic E-state index is 0. The molecule has 0 saturated carbocycles. The van der Waals surface area contributed by atoms with E-state index in [9.17, 15) is 0 Å². The van der Waals surface area contributed by atoms with Gasteiger partial charge in [0, 0.05) is 30.9 Å². The third kappa shape index (κ3) is 4.62. The maximum atomic E-state index is 6.26. The number of halogens is 2. The Morgan fingerprint density at radius 3 is 2.54 bits per heavy atom. The Labute approximate surface area is 182 Å². The summed E-state index contributed by atoms with van der Waals surface area (Å²) in [5.41, 5.74) is 4.80. The zero-order valence-electron chi connectivity index (χ0n) is 16.8. The van der Waals surface area contributed by atoms with E-state index in [1.165, 1.54) is 70.1 Å². The highest BCUT2D eigenvalue weighted by Crippen LogP contribution is 2.34. The number of nitrogens with one attached hydrogen (secondary N) is 2. The lowest BCUT2D eigenvalue weighted by Gasteiger charge is -2.36. The Morgan fingerprint density at radius 1 is 1.00 bits per heavy atom. The predicted octanol–water partition coefficient (Wildman–Crippen LogP) is 3.49. The molecule has 3 saturated heterocycles. The first-order valence-corrected chi connectivity index (χ1v) is 10.8. The van der Waals surface area contributed by atoms with Crippen LogP contribution < -0.4 is 15.5 Å². The summed E-state index contributed by atoms with van der Waals surface area (Å²) in [5, 5.41) is 7.39. The molecule has 5 rings (SSSR count). The second-order valence-corrected chi connectivity index (χ2v) is 8.88. The molecule has 1 unspecified atom stereocenters. The average molecular weight is 428 g/mol. The number of piperidine rings is 2. The van der Waals surface area contributed by atoms with Gasteiger partial charge in [0.1, 0.15) is 0 Å². The smallest absolute Gasteiger partial charge is 0.0723 e. The van der Waals surface area contributed by atoms with E-state index in [0.717, 1.165) is 19.7 Å². The van der Waals surface area contributed by atoms with E-state index in [0.29, 0.717) is 12.1 Å². The lowest BCUT2D eigenvalue weighted by Crippen LogP contribution is -2.47. The van der Waals surface area contributed by atoms with Crippen molar-refractivity contribution in [2.24, 2.45) is 0 Å². The number of hydrogen-bond donors (Lipinski definition) is 2. The van der Waals surface area contributed by atoms with Gasteiger partial charge in [-0.25, -0.2) is 0 Å². The first-order chi connectivity index (χ1) is 12.8. The van der Waals surface area contributed by atoms with Crippen LogP contribution in [-0.2, 0) is 17.6 Å². The van der Waals surface area contributed by atoms with Crippen molar-refractivity contribution in [3.63, 3.8) is 0 Å². The van der Waals surface area contributed by atoms with Crippen LogP contribution in [0.3, 0.4) is 0 Å². The molecule has 1 spiro atoms. The molecule has 158 valence electrons. The molecule has 3 heterocycles. The van der Waals surface area contributed by atoms with Gasteiger partial charge in [0.25, 0.3) is 0 Å². The van der Waals surface area contributed by atoms with Crippen molar-refractivity contribution in [3.05, 3.63) is 29.3 Å². The maximum Gasteiger partial charge on any atom is 0.0723 e. The molecule has 0 amide bonds. The predicted molar refractivity (Wildman–Crippen MR) is 121 cm³/mol. The maximum absolute atomic E-state index is 6.26. The van der Waals surface area contributed by atoms with Crippen molar-refractivity contribution < 1.29 is 4.74 Å². The van der Waals surface area contributed by atoms with Crippen LogP contribution in [0, 0.1) is 0 Å². The van der Waals surface area contributed by atoms with Crippen LogP contribution in [0.1, 0.15) is 49.7 Å². The number of aryl methyl sites for hydroxylation is 2. The lowest BCUT2D eigenvalue weighted by molar-refractivity contribution is -0.0194. The molecular formula is C22H35Cl2N3O. The second kappa shape index (κ2) is 9.53. The van der Waals surface area contributed by atoms with Gasteiger partial charge in [-0.3, -0.25) is 0 Å². The fourth-order valence-corrected chi connectivity index (χ4v) is 5.57. The largest absolute Gasteiger partial charge is 0.373 e. The number of rotatable bonds is 3. The summed E-state index contributed by atoms with van der Waals surface area (Å²) in [7, 11) is 0. The normalized spacial score (nSPS) is 26.6. The van der Waals surface area contributed by atoms with Crippen molar-refractivity contribution >= 4 is 30.5 Å². The Balaban J connectivity index is 0.00000112. The summed E-state index contributed by atoms with van der Waals surface area (Å²) < 4.78 is 6.26. The lowest BCUT2D eigenvalue weighted by atomic mass is 9.88. The van der Waals surface area contributed by atoms with Crippen LogP contribution in [0.15, 0.2) is 18.2 Å². The van der Waals surface area contributed by atoms with Crippen molar-refractivity contribution in [1.29, 1.82) is 0 Å². The highest BCUT2D eigenvalue weighted by Gasteiger charge is 2.41. The number of benzene rings is 1. The molecule has 6 heteroatoms. The Morgan fingerprint density at radius 2 is 1.75 bits per heavy atom. The molecular weight excluding hydrogens is 393 g/mol. The van der Waals surface area contributed by atoms with E-state index in [1.54, 1.807) is 11.1 Å². The van der Waals surface area contributed by atoms with Crippen molar-refractivity contribution in [2.75, 3.05) is 37.7 Å². The number of fused-ring (bicyclic) bond motifs is 1. The molecule has 0 aromatic heterocycles. The van der Waals surface area contributed by atoms with E-state index in [4.69, 9.17) is 4.74 Å². The van der Waals surface area contributed by atoms with Crippen LogP contribution >= 0.6 is 24.8 Å². The zero-order valence-corrected chi connectivity index (χ0v) is 18.4. The van der Waals surface area contributed by atoms with Gasteiger partial charge >= 0.3 is 0 Å². The molecule has 3 aliphatic heterocycles. The van der Waals surface area contributed by atoms with Gasteiger partial charge in [-0.15, -0.1) is 24.8 Å². The molecule has 0 radical (unpaired) electrons. The molecule has 2 N–H and O–H groups in total. The van der Waals surface area contributed by atoms with Gasteiger partial charge in [0.15, 0.2) is 0 Å². The number of nitrogens with zero attached hydrogens (tertiary/aromatic N) is 1.